The highest BCUT2D eigenvalue weighted by Crippen LogP contribution is 2.38. The van der Waals surface area contributed by atoms with E-state index < -0.39 is 0 Å². The molecule has 3 aliphatic rings. The minimum atomic E-state index is -0.159. The number of fused-ring (bicyclic) bond motifs is 11. The third kappa shape index (κ3) is 4.00. The summed E-state index contributed by atoms with van der Waals surface area (Å²) in [7, 11) is 0. The zero-order valence-electron chi connectivity index (χ0n) is 19.5. The van der Waals surface area contributed by atoms with Crippen LogP contribution < -0.4 is 20.3 Å². The second-order valence-corrected chi connectivity index (χ2v) is 9.05. The van der Waals surface area contributed by atoms with Crippen molar-refractivity contribution in [3.8, 4) is 11.8 Å². The van der Waals surface area contributed by atoms with E-state index in [0.29, 0.717) is 73.3 Å². The minimum Gasteiger partial charge on any atom is -0.487 e. The third-order valence-electron chi connectivity index (χ3n) is 6.73. The number of ether oxygens (including phenoxy) is 2. The van der Waals surface area contributed by atoms with Gasteiger partial charge < -0.3 is 30.1 Å². The molecule has 5 heterocycles. The first-order valence-corrected chi connectivity index (χ1v) is 11.9. The summed E-state index contributed by atoms with van der Waals surface area (Å²) >= 11 is 0. The molecule has 2 aromatic heterocycles. The summed E-state index contributed by atoms with van der Waals surface area (Å²) in [5.41, 5.74) is 3.18. The van der Waals surface area contributed by atoms with Gasteiger partial charge in [-0.1, -0.05) is 6.08 Å². The SMILES string of the molecule is N#Cc1cnn2c3cc(nc12)N1C[C@H](CC1CO)OC/C=C/COc1cc(cc2c1NC(=O)CC2)N3. The number of carbonyl (C=O) groups excluding carboxylic acids is 1. The number of amides is 1. The summed E-state index contributed by atoms with van der Waals surface area (Å²) in [6.45, 7) is 1.26. The van der Waals surface area contributed by atoms with E-state index in [9.17, 15) is 15.2 Å². The Morgan fingerprint density at radius 3 is 2.94 bits per heavy atom. The van der Waals surface area contributed by atoms with Gasteiger partial charge in [0.1, 0.15) is 35.6 Å². The van der Waals surface area contributed by atoms with E-state index >= 15 is 0 Å². The molecule has 3 aliphatic heterocycles. The van der Waals surface area contributed by atoms with Crippen molar-refractivity contribution in [3.63, 3.8) is 0 Å². The molecule has 0 spiro atoms. The number of aliphatic hydroxyl groups excluding tert-OH is 1. The number of benzene rings is 1. The minimum absolute atomic E-state index is 0.0383. The van der Waals surface area contributed by atoms with Crippen molar-refractivity contribution >= 4 is 34.6 Å². The van der Waals surface area contributed by atoms with Gasteiger partial charge in [0.25, 0.3) is 0 Å². The molecule has 36 heavy (non-hydrogen) atoms. The Morgan fingerprint density at radius 2 is 2.08 bits per heavy atom. The number of anilines is 4. The largest absolute Gasteiger partial charge is 0.487 e. The summed E-state index contributed by atoms with van der Waals surface area (Å²) in [5.74, 6) is 1.75. The summed E-state index contributed by atoms with van der Waals surface area (Å²) in [4.78, 5) is 18.8. The number of nitrogens with one attached hydrogen (secondary N) is 2. The van der Waals surface area contributed by atoms with Gasteiger partial charge in [-0.3, -0.25) is 4.79 Å². The highest BCUT2D eigenvalue weighted by molar-refractivity contribution is 5.96. The van der Waals surface area contributed by atoms with Crippen LogP contribution >= 0.6 is 0 Å². The fourth-order valence-electron chi connectivity index (χ4n) is 4.98. The molecule has 1 amide bonds. The molecule has 3 N–H and O–H groups in total. The first kappa shape index (κ1) is 22.3. The normalized spacial score (nSPS) is 22.2. The van der Waals surface area contributed by atoms with Crippen LogP contribution in [0.15, 0.2) is 36.5 Å². The molecule has 0 radical (unpaired) electrons. The maximum absolute atomic E-state index is 12.1. The van der Waals surface area contributed by atoms with Gasteiger partial charge in [-0.25, -0.2) is 4.98 Å². The molecule has 6 rings (SSSR count). The third-order valence-corrected chi connectivity index (χ3v) is 6.73. The van der Waals surface area contributed by atoms with Crippen molar-refractivity contribution < 1.29 is 19.4 Å². The average molecular weight is 488 g/mol. The van der Waals surface area contributed by atoms with Crippen LogP contribution in [-0.4, -0.2) is 64.1 Å². The molecule has 0 saturated carbocycles. The Morgan fingerprint density at radius 1 is 1.19 bits per heavy atom. The molecule has 1 fully saturated rings. The zero-order valence-corrected chi connectivity index (χ0v) is 19.5. The zero-order chi connectivity index (χ0) is 24.6. The first-order chi connectivity index (χ1) is 17.6. The number of rotatable bonds is 1. The van der Waals surface area contributed by atoms with E-state index in [1.54, 1.807) is 4.52 Å². The number of aliphatic hydroxyl groups is 1. The topological polar surface area (TPSA) is 137 Å². The van der Waals surface area contributed by atoms with Crippen LogP contribution in [0.4, 0.5) is 23.0 Å². The van der Waals surface area contributed by atoms with Crippen molar-refractivity contribution in [2.24, 2.45) is 0 Å². The standard InChI is InChI=1S/C25H25N7O4/c26-11-16-12-27-32-22-10-21(29-25(16)32)31-13-19(9-18(31)14-33)35-5-1-2-6-36-20-8-17(28-22)7-15-3-4-23(34)30-24(15)20/h1-2,7-8,10,12,18-19,28,33H,3-6,9,13-14H2,(H,30,34)/b2-1+/t18?,19-/m0/s1. The molecule has 6 bridgehead atoms. The van der Waals surface area contributed by atoms with Crippen LogP contribution in [-0.2, 0) is 16.0 Å². The lowest BCUT2D eigenvalue weighted by atomic mass is 10.0. The summed E-state index contributed by atoms with van der Waals surface area (Å²) < 4.78 is 13.7. The fourth-order valence-corrected chi connectivity index (χ4v) is 4.98. The quantitative estimate of drug-likeness (QED) is 0.441. The van der Waals surface area contributed by atoms with Gasteiger partial charge in [0.15, 0.2) is 5.65 Å². The van der Waals surface area contributed by atoms with Gasteiger partial charge in [-0.2, -0.15) is 14.9 Å². The van der Waals surface area contributed by atoms with Gasteiger partial charge in [-0.05, 0) is 30.5 Å². The van der Waals surface area contributed by atoms with Crippen LogP contribution in [0.5, 0.6) is 5.75 Å². The Balaban J connectivity index is 1.49. The lowest BCUT2D eigenvalue weighted by molar-refractivity contribution is -0.116. The van der Waals surface area contributed by atoms with Crippen LogP contribution in [0.3, 0.4) is 0 Å². The molecule has 1 saturated heterocycles. The molecule has 11 heteroatoms. The lowest BCUT2D eigenvalue weighted by Crippen LogP contribution is -2.33. The predicted molar refractivity (Wildman–Crippen MR) is 132 cm³/mol. The Bertz CT molecular complexity index is 1410. The summed E-state index contributed by atoms with van der Waals surface area (Å²) in [6, 6.07) is 7.68. The molecule has 2 atom stereocenters. The van der Waals surface area contributed by atoms with Crippen molar-refractivity contribution in [1.29, 1.82) is 5.26 Å². The van der Waals surface area contributed by atoms with Crippen LogP contribution in [0.25, 0.3) is 5.65 Å². The first-order valence-electron chi connectivity index (χ1n) is 11.9. The molecule has 11 nitrogen and oxygen atoms in total. The van der Waals surface area contributed by atoms with Crippen LogP contribution in [0.2, 0.25) is 0 Å². The molecule has 0 aliphatic carbocycles. The van der Waals surface area contributed by atoms with Gasteiger partial charge in [-0.15, -0.1) is 0 Å². The maximum atomic E-state index is 12.1. The number of aryl methyl sites for hydroxylation is 1. The predicted octanol–water partition coefficient (Wildman–Crippen LogP) is 2.13. The van der Waals surface area contributed by atoms with Gasteiger partial charge in [0, 0.05) is 30.8 Å². The maximum Gasteiger partial charge on any atom is 0.224 e. The summed E-state index contributed by atoms with van der Waals surface area (Å²) in [6.07, 6.45) is 6.87. The van der Waals surface area contributed by atoms with Crippen LogP contribution in [0.1, 0.15) is 24.0 Å². The van der Waals surface area contributed by atoms with E-state index in [2.05, 4.69) is 21.8 Å². The molecule has 184 valence electrons. The van der Waals surface area contributed by atoms with E-state index in [1.165, 1.54) is 6.20 Å². The highest BCUT2D eigenvalue weighted by atomic mass is 16.5. The molecule has 1 aromatic carbocycles. The van der Waals surface area contributed by atoms with Gasteiger partial charge in [0.05, 0.1) is 37.2 Å². The Labute approximate surface area is 206 Å². The van der Waals surface area contributed by atoms with Crippen LogP contribution in [0, 0.1) is 11.3 Å². The monoisotopic (exact) mass is 487 g/mol. The van der Waals surface area contributed by atoms with Crippen molar-refractivity contribution in [1.82, 2.24) is 14.6 Å². The molecule has 3 aromatic rings. The smallest absolute Gasteiger partial charge is 0.224 e. The Kier molecular flexibility index (Phi) is 5.67. The average Bonchev–Trinajstić information content (AvgIpc) is 3.49. The molecular weight excluding hydrogens is 462 g/mol. The fraction of sp³-hybridized carbons (Fsp3) is 0.360. The van der Waals surface area contributed by atoms with Gasteiger partial charge in [0.2, 0.25) is 5.91 Å². The lowest BCUT2D eigenvalue weighted by Gasteiger charge is -2.25. The van der Waals surface area contributed by atoms with E-state index in [0.717, 1.165) is 11.3 Å². The van der Waals surface area contributed by atoms with E-state index in [-0.39, 0.29) is 24.7 Å². The Hall–Kier alpha value is -4.14. The summed E-state index contributed by atoms with van der Waals surface area (Å²) in [5, 5.41) is 30.4. The number of aromatic nitrogens is 3. The number of nitriles is 1. The second-order valence-electron chi connectivity index (χ2n) is 9.05. The van der Waals surface area contributed by atoms with Crippen molar-refractivity contribution in [2.45, 2.75) is 31.4 Å². The van der Waals surface area contributed by atoms with Gasteiger partial charge >= 0.3 is 0 Å². The second kappa shape index (κ2) is 9.14. The van der Waals surface area contributed by atoms with Crippen molar-refractivity contribution in [2.75, 3.05) is 41.9 Å². The molecule has 1 unspecified atom stereocenters. The number of carbonyl (C=O) groups is 1. The number of hydrogen-bond acceptors (Lipinski definition) is 9. The van der Waals surface area contributed by atoms with E-state index in [4.69, 9.17) is 14.5 Å². The van der Waals surface area contributed by atoms with E-state index in [1.807, 2.05) is 35.3 Å². The number of nitrogens with zero attached hydrogens (tertiary/aromatic N) is 5. The van der Waals surface area contributed by atoms with Crippen molar-refractivity contribution in [3.05, 3.63) is 47.7 Å². The highest BCUT2D eigenvalue weighted by Gasteiger charge is 2.34. The molecular formula is C25H25N7O4. The number of hydrogen-bond donors (Lipinski definition) is 3.